The van der Waals surface area contributed by atoms with Crippen LogP contribution in [0.4, 0.5) is 11.4 Å². The van der Waals surface area contributed by atoms with Crippen LogP contribution in [0.1, 0.15) is 13.8 Å². The number of hydrogen-bond acceptors (Lipinski definition) is 6. The SMILES string of the molecule is COc1cc(N2CCN(CC(C)(C)C(=O)O)CC2)ccc1[N+](=O)[O-]. The molecule has 0 bridgehead atoms. The van der Waals surface area contributed by atoms with Gasteiger partial charge in [0.1, 0.15) is 0 Å². The fourth-order valence-electron chi connectivity index (χ4n) is 2.80. The number of rotatable bonds is 6. The molecule has 24 heavy (non-hydrogen) atoms. The third-order valence-corrected chi connectivity index (χ3v) is 4.30. The summed E-state index contributed by atoms with van der Waals surface area (Å²) in [6.45, 7) is 6.91. The topological polar surface area (TPSA) is 96.2 Å². The average Bonchev–Trinajstić information content (AvgIpc) is 2.54. The second-order valence-corrected chi connectivity index (χ2v) is 6.57. The molecule has 1 aliphatic heterocycles. The van der Waals surface area contributed by atoms with Crippen molar-refractivity contribution in [3.05, 3.63) is 28.3 Å². The molecule has 0 spiro atoms. The Bertz CT molecular complexity index is 624. The molecule has 1 fully saturated rings. The normalized spacial score (nSPS) is 16.0. The quantitative estimate of drug-likeness (QED) is 0.625. The molecule has 0 amide bonds. The smallest absolute Gasteiger partial charge is 0.311 e. The molecule has 132 valence electrons. The van der Waals surface area contributed by atoms with Crippen molar-refractivity contribution in [3.63, 3.8) is 0 Å². The number of nitro benzene ring substituents is 1. The highest BCUT2D eigenvalue weighted by Crippen LogP contribution is 2.32. The van der Waals surface area contributed by atoms with Crippen LogP contribution in [0, 0.1) is 15.5 Å². The van der Waals surface area contributed by atoms with Crippen molar-refractivity contribution in [1.29, 1.82) is 0 Å². The zero-order chi connectivity index (χ0) is 17.9. The van der Waals surface area contributed by atoms with Crippen LogP contribution in [-0.4, -0.2) is 60.7 Å². The highest BCUT2D eigenvalue weighted by Gasteiger charge is 2.31. The molecule has 0 aliphatic carbocycles. The molecule has 1 aliphatic rings. The number of carbonyl (C=O) groups is 1. The van der Waals surface area contributed by atoms with E-state index in [0.717, 1.165) is 31.9 Å². The average molecular weight is 337 g/mol. The number of carboxylic acids is 1. The van der Waals surface area contributed by atoms with Gasteiger partial charge in [-0.05, 0) is 19.9 Å². The van der Waals surface area contributed by atoms with Crippen molar-refractivity contribution in [2.24, 2.45) is 5.41 Å². The minimum absolute atomic E-state index is 0.0527. The molecular weight excluding hydrogens is 314 g/mol. The van der Waals surface area contributed by atoms with Crippen LogP contribution < -0.4 is 9.64 Å². The van der Waals surface area contributed by atoms with Crippen LogP contribution in [0.2, 0.25) is 0 Å². The molecule has 1 heterocycles. The molecule has 0 radical (unpaired) electrons. The first kappa shape index (κ1) is 18.0. The molecular formula is C16H23N3O5. The Hall–Kier alpha value is -2.35. The van der Waals surface area contributed by atoms with Gasteiger partial charge < -0.3 is 14.7 Å². The van der Waals surface area contributed by atoms with E-state index in [1.54, 1.807) is 26.0 Å². The molecule has 0 unspecified atom stereocenters. The van der Waals surface area contributed by atoms with Crippen LogP contribution in [0.5, 0.6) is 5.75 Å². The maximum atomic E-state index is 11.2. The highest BCUT2D eigenvalue weighted by molar-refractivity contribution is 5.73. The van der Waals surface area contributed by atoms with Crippen molar-refractivity contribution < 1.29 is 19.6 Å². The standard InChI is InChI=1S/C16H23N3O5/c1-16(2,15(20)21)11-17-6-8-18(9-7-17)12-4-5-13(19(22)23)14(10-12)24-3/h4-5,10H,6-9,11H2,1-3H3,(H,20,21). The minimum Gasteiger partial charge on any atom is -0.490 e. The van der Waals surface area contributed by atoms with E-state index in [2.05, 4.69) is 9.80 Å². The van der Waals surface area contributed by atoms with Gasteiger partial charge in [-0.3, -0.25) is 19.8 Å². The molecule has 8 nitrogen and oxygen atoms in total. The number of piperazine rings is 1. The number of carboxylic acid groups (broad SMARTS) is 1. The van der Waals surface area contributed by atoms with Gasteiger partial charge in [0.2, 0.25) is 0 Å². The van der Waals surface area contributed by atoms with Crippen molar-refractivity contribution in [3.8, 4) is 5.75 Å². The number of aliphatic carboxylic acids is 1. The Morgan fingerprint density at radius 2 is 1.96 bits per heavy atom. The lowest BCUT2D eigenvalue weighted by Gasteiger charge is -2.38. The summed E-state index contributed by atoms with van der Waals surface area (Å²) in [5.41, 5.74) is 0.0383. The number of benzene rings is 1. The van der Waals surface area contributed by atoms with E-state index in [0.29, 0.717) is 6.54 Å². The first-order chi connectivity index (χ1) is 11.2. The lowest BCUT2D eigenvalue weighted by molar-refractivity contribution is -0.385. The predicted octanol–water partition coefficient (Wildman–Crippen LogP) is 1.84. The lowest BCUT2D eigenvalue weighted by atomic mass is 9.93. The number of hydrogen-bond donors (Lipinski definition) is 1. The lowest BCUT2D eigenvalue weighted by Crippen LogP contribution is -2.50. The van der Waals surface area contributed by atoms with Crippen LogP contribution in [0.3, 0.4) is 0 Å². The Balaban J connectivity index is 2.02. The monoisotopic (exact) mass is 337 g/mol. The largest absolute Gasteiger partial charge is 0.490 e. The Morgan fingerprint density at radius 3 is 2.46 bits per heavy atom. The van der Waals surface area contributed by atoms with Gasteiger partial charge in [0, 0.05) is 50.5 Å². The van der Waals surface area contributed by atoms with Gasteiger partial charge in [-0.25, -0.2) is 0 Å². The van der Waals surface area contributed by atoms with Crippen LogP contribution in [0.25, 0.3) is 0 Å². The van der Waals surface area contributed by atoms with Gasteiger partial charge in [0.15, 0.2) is 5.75 Å². The molecule has 1 saturated heterocycles. The van der Waals surface area contributed by atoms with E-state index in [9.17, 15) is 20.0 Å². The Kier molecular flexibility index (Phi) is 5.28. The summed E-state index contributed by atoms with van der Waals surface area (Å²) in [4.78, 5) is 26.0. The van der Waals surface area contributed by atoms with Crippen molar-refractivity contribution >= 4 is 17.3 Å². The van der Waals surface area contributed by atoms with E-state index in [-0.39, 0.29) is 11.4 Å². The Morgan fingerprint density at radius 1 is 1.33 bits per heavy atom. The third kappa shape index (κ3) is 3.94. The van der Waals surface area contributed by atoms with Crippen molar-refractivity contribution in [2.45, 2.75) is 13.8 Å². The molecule has 1 N–H and O–H groups in total. The molecule has 0 aromatic heterocycles. The fraction of sp³-hybridized carbons (Fsp3) is 0.562. The second-order valence-electron chi connectivity index (χ2n) is 6.57. The third-order valence-electron chi connectivity index (χ3n) is 4.30. The van der Waals surface area contributed by atoms with Gasteiger partial charge in [-0.2, -0.15) is 0 Å². The summed E-state index contributed by atoms with van der Waals surface area (Å²) in [6, 6.07) is 4.85. The zero-order valence-electron chi connectivity index (χ0n) is 14.2. The first-order valence-corrected chi connectivity index (χ1v) is 7.78. The number of ether oxygens (including phenoxy) is 1. The van der Waals surface area contributed by atoms with Crippen molar-refractivity contribution in [2.75, 3.05) is 44.7 Å². The van der Waals surface area contributed by atoms with Gasteiger partial charge in [0.25, 0.3) is 0 Å². The summed E-state index contributed by atoms with van der Waals surface area (Å²) < 4.78 is 5.11. The number of nitrogens with zero attached hydrogens (tertiary/aromatic N) is 3. The maximum absolute atomic E-state index is 11.2. The van der Waals surface area contributed by atoms with Gasteiger partial charge in [-0.1, -0.05) is 0 Å². The van der Waals surface area contributed by atoms with E-state index in [4.69, 9.17) is 4.74 Å². The number of methoxy groups -OCH3 is 1. The van der Waals surface area contributed by atoms with Gasteiger partial charge in [-0.15, -0.1) is 0 Å². The molecule has 0 saturated carbocycles. The first-order valence-electron chi connectivity index (χ1n) is 7.78. The molecule has 0 atom stereocenters. The molecule has 2 rings (SSSR count). The predicted molar refractivity (Wildman–Crippen MR) is 89.7 cm³/mol. The van der Waals surface area contributed by atoms with E-state index in [1.807, 2.05) is 0 Å². The molecule has 1 aromatic rings. The zero-order valence-corrected chi connectivity index (χ0v) is 14.2. The molecule has 8 heteroatoms. The second kappa shape index (κ2) is 7.04. The van der Waals surface area contributed by atoms with Crippen molar-refractivity contribution in [1.82, 2.24) is 4.90 Å². The minimum atomic E-state index is -0.801. The van der Waals surface area contributed by atoms with Gasteiger partial charge >= 0.3 is 11.7 Å². The number of anilines is 1. The van der Waals surface area contributed by atoms with E-state index < -0.39 is 16.3 Å². The molecule has 1 aromatic carbocycles. The highest BCUT2D eigenvalue weighted by atomic mass is 16.6. The number of nitro groups is 1. The van der Waals surface area contributed by atoms with E-state index in [1.165, 1.54) is 13.2 Å². The van der Waals surface area contributed by atoms with Gasteiger partial charge in [0.05, 0.1) is 17.4 Å². The van der Waals surface area contributed by atoms with Crippen LogP contribution in [-0.2, 0) is 4.79 Å². The summed E-state index contributed by atoms with van der Waals surface area (Å²) in [7, 11) is 1.41. The fourth-order valence-corrected chi connectivity index (χ4v) is 2.80. The van der Waals surface area contributed by atoms with E-state index >= 15 is 0 Å². The summed E-state index contributed by atoms with van der Waals surface area (Å²) >= 11 is 0. The maximum Gasteiger partial charge on any atom is 0.311 e. The summed E-state index contributed by atoms with van der Waals surface area (Å²) in [5.74, 6) is -0.558. The summed E-state index contributed by atoms with van der Waals surface area (Å²) in [6.07, 6.45) is 0. The van der Waals surface area contributed by atoms with Crippen LogP contribution in [0.15, 0.2) is 18.2 Å². The Labute approximate surface area is 140 Å². The van der Waals surface area contributed by atoms with Crippen LogP contribution >= 0.6 is 0 Å². The summed E-state index contributed by atoms with van der Waals surface area (Å²) in [5, 5.41) is 20.2.